The van der Waals surface area contributed by atoms with Crippen molar-refractivity contribution in [3.63, 3.8) is 0 Å². The van der Waals surface area contributed by atoms with E-state index in [0.717, 1.165) is 63.7 Å². The largest absolute Gasteiger partial charge is 0.354 e. The van der Waals surface area contributed by atoms with Crippen LogP contribution in [0.25, 0.3) is 0 Å². The predicted molar refractivity (Wildman–Crippen MR) is 106 cm³/mol. The average Bonchev–Trinajstić information content (AvgIpc) is 3.31. The third-order valence-electron chi connectivity index (χ3n) is 6.30. The van der Waals surface area contributed by atoms with Crippen molar-refractivity contribution in [1.82, 2.24) is 15.5 Å². The van der Waals surface area contributed by atoms with E-state index in [0.29, 0.717) is 17.5 Å². The first-order chi connectivity index (χ1) is 13.1. The number of nitrogens with one attached hydrogen (secondary N) is 2. The number of nitrogens with zero attached hydrogens (tertiary/aromatic N) is 1. The quantitative estimate of drug-likeness (QED) is 0.813. The van der Waals surface area contributed by atoms with Crippen LogP contribution in [0.4, 0.5) is 0 Å². The number of likely N-dealkylation sites (tertiary alicyclic amines) is 1. The molecule has 2 aliphatic heterocycles. The Balaban J connectivity index is 1.34. The average molecular weight is 390 g/mol. The molecule has 2 heterocycles. The molecule has 2 amide bonds. The molecule has 2 N–H and O–H groups in total. The molecule has 3 aliphatic rings. The first-order valence-corrected chi connectivity index (χ1v) is 10.5. The Bertz CT molecular complexity index is 696. The van der Waals surface area contributed by atoms with Crippen molar-refractivity contribution in [1.29, 1.82) is 0 Å². The highest BCUT2D eigenvalue weighted by atomic mass is 35.5. The maximum absolute atomic E-state index is 13.3. The SMILES string of the molecule is O=C(NCC1CCCN(C(=O)C2(c3ccc(Cl)cc3)CC2)C1)C1CCCN1. The first-order valence-electron chi connectivity index (χ1n) is 10.1. The molecule has 3 fully saturated rings. The Hall–Kier alpha value is -1.59. The van der Waals surface area contributed by atoms with Crippen LogP contribution in [-0.4, -0.2) is 48.9 Å². The fourth-order valence-corrected chi connectivity index (χ4v) is 4.64. The molecule has 0 spiro atoms. The Morgan fingerprint density at radius 1 is 1.19 bits per heavy atom. The van der Waals surface area contributed by atoms with Crippen LogP contribution in [0, 0.1) is 5.92 Å². The highest BCUT2D eigenvalue weighted by Crippen LogP contribution is 2.50. The number of benzene rings is 1. The van der Waals surface area contributed by atoms with Crippen molar-refractivity contribution < 1.29 is 9.59 Å². The van der Waals surface area contributed by atoms with E-state index in [9.17, 15) is 9.59 Å². The fourth-order valence-electron chi connectivity index (χ4n) is 4.52. The topological polar surface area (TPSA) is 61.4 Å². The van der Waals surface area contributed by atoms with Crippen molar-refractivity contribution in [3.8, 4) is 0 Å². The molecule has 146 valence electrons. The normalized spacial score (nSPS) is 26.6. The van der Waals surface area contributed by atoms with Gasteiger partial charge in [-0.1, -0.05) is 23.7 Å². The third kappa shape index (κ3) is 3.99. The van der Waals surface area contributed by atoms with Gasteiger partial charge in [0, 0.05) is 24.7 Å². The van der Waals surface area contributed by atoms with E-state index >= 15 is 0 Å². The summed E-state index contributed by atoms with van der Waals surface area (Å²) in [6, 6.07) is 7.68. The van der Waals surface area contributed by atoms with Crippen molar-refractivity contribution in [2.45, 2.75) is 50.0 Å². The molecular weight excluding hydrogens is 362 g/mol. The highest BCUT2D eigenvalue weighted by molar-refractivity contribution is 6.30. The molecule has 1 aromatic rings. The fraction of sp³-hybridized carbons (Fsp3) is 0.619. The summed E-state index contributed by atoms with van der Waals surface area (Å²) in [7, 11) is 0. The molecule has 6 heteroatoms. The summed E-state index contributed by atoms with van der Waals surface area (Å²) in [5.41, 5.74) is 0.739. The molecule has 2 unspecified atom stereocenters. The predicted octanol–water partition coefficient (Wildman–Crippen LogP) is 2.48. The summed E-state index contributed by atoms with van der Waals surface area (Å²) >= 11 is 6.00. The minimum absolute atomic E-state index is 0.0361. The number of piperidine rings is 1. The lowest BCUT2D eigenvalue weighted by Gasteiger charge is -2.35. The van der Waals surface area contributed by atoms with Crippen LogP contribution in [0.1, 0.15) is 44.1 Å². The zero-order chi connectivity index (χ0) is 18.9. The van der Waals surface area contributed by atoms with Crippen LogP contribution in [0.3, 0.4) is 0 Å². The molecule has 5 nitrogen and oxygen atoms in total. The second-order valence-electron chi connectivity index (χ2n) is 8.24. The first kappa shape index (κ1) is 18.8. The Kier molecular flexibility index (Phi) is 5.42. The van der Waals surface area contributed by atoms with E-state index in [2.05, 4.69) is 10.6 Å². The van der Waals surface area contributed by atoms with Crippen LogP contribution in [0.5, 0.6) is 0 Å². The van der Waals surface area contributed by atoms with Crippen molar-refractivity contribution >= 4 is 23.4 Å². The third-order valence-corrected chi connectivity index (χ3v) is 6.56. The monoisotopic (exact) mass is 389 g/mol. The summed E-state index contributed by atoms with van der Waals surface area (Å²) in [6.07, 6.45) is 5.89. The van der Waals surface area contributed by atoms with Gasteiger partial charge in [0.05, 0.1) is 11.5 Å². The van der Waals surface area contributed by atoms with Gasteiger partial charge < -0.3 is 15.5 Å². The molecule has 0 radical (unpaired) electrons. The number of rotatable bonds is 5. The van der Waals surface area contributed by atoms with E-state index in [4.69, 9.17) is 11.6 Å². The molecule has 0 bridgehead atoms. The van der Waals surface area contributed by atoms with E-state index in [1.165, 1.54) is 0 Å². The zero-order valence-electron chi connectivity index (χ0n) is 15.7. The Morgan fingerprint density at radius 2 is 1.96 bits per heavy atom. The number of hydrogen-bond donors (Lipinski definition) is 2. The summed E-state index contributed by atoms with van der Waals surface area (Å²) in [4.78, 5) is 27.5. The van der Waals surface area contributed by atoms with Gasteiger partial charge in [-0.25, -0.2) is 0 Å². The number of halogens is 1. The lowest BCUT2D eigenvalue weighted by atomic mass is 9.91. The Labute approximate surface area is 165 Å². The van der Waals surface area contributed by atoms with Crippen LogP contribution in [0.2, 0.25) is 5.02 Å². The Morgan fingerprint density at radius 3 is 2.63 bits per heavy atom. The molecule has 1 saturated carbocycles. The second-order valence-corrected chi connectivity index (χ2v) is 8.68. The van der Waals surface area contributed by atoms with Gasteiger partial charge in [-0.05, 0) is 68.7 Å². The maximum Gasteiger partial charge on any atom is 0.237 e. The molecule has 1 aliphatic carbocycles. The lowest BCUT2D eigenvalue weighted by molar-refractivity contribution is -0.135. The number of hydrogen-bond acceptors (Lipinski definition) is 3. The molecular formula is C21H28ClN3O2. The highest BCUT2D eigenvalue weighted by Gasteiger charge is 2.53. The van der Waals surface area contributed by atoms with Gasteiger partial charge in [0.15, 0.2) is 0 Å². The molecule has 2 atom stereocenters. The van der Waals surface area contributed by atoms with Gasteiger partial charge in [0.25, 0.3) is 0 Å². The number of amides is 2. The number of carbonyl (C=O) groups is 2. The maximum atomic E-state index is 13.3. The van der Waals surface area contributed by atoms with Crippen LogP contribution in [-0.2, 0) is 15.0 Å². The summed E-state index contributed by atoms with van der Waals surface area (Å²) in [6.45, 7) is 3.15. The summed E-state index contributed by atoms with van der Waals surface area (Å²) in [5, 5.41) is 7.03. The zero-order valence-corrected chi connectivity index (χ0v) is 16.4. The molecule has 2 saturated heterocycles. The van der Waals surface area contributed by atoms with Gasteiger partial charge in [-0.3, -0.25) is 9.59 Å². The van der Waals surface area contributed by atoms with Crippen LogP contribution in [0.15, 0.2) is 24.3 Å². The van der Waals surface area contributed by atoms with Gasteiger partial charge >= 0.3 is 0 Å². The smallest absolute Gasteiger partial charge is 0.237 e. The standard InChI is InChI=1S/C21H28ClN3O2/c22-17-7-5-16(6-8-17)21(9-10-21)20(27)25-12-2-3-15(14-25)13-24-19(26)18-4-1-11-23-18/h5-8,15,18,23H,1-4,9-14H2,(H,24,26). The van der Waals surface area contributed by atoms with E-state index in [1.54, 1.807) is 0 Å². The molecule has 1 aromatic carbocycles. The van der Waals surface area contributed by atoms with E-state index in [1.807, 2.05) is 29.2 Å². The minimum Gasteiger partial charge on any atom is -0.354 e. The van der Waals surface area contributed by atoms with Crippen molar-refractivity contribution in [2.24, 2.45) is 5.92 Å². The second kappa shape index (κ2) is 7.80. The van der Waals surface area contributed by atoms with Crippen LogP contribution < -0.4 is 10.6 Å². The molecule has 0 aromatic heterocycles. The summed E-state index contributed by atoms with van der Waals surface area (Å²) in [5.74, 6) is 0.697. The van der Waals surface area contributed by atoms with Gasteiger partial charge in [-0.2, -0.15) is 0 Å². The van der Waals surface area contributed by atoms with Crippen molar-refractivity contribution in [2.75, 3.05) is 26.2 Å². The minimum atomic E-state index is -0.344. The van der Waals surface area contributed by atoms with E-state index in [-0.39, 0.29) is 23.3 Å². The van der Waals surface area contributed by atoms with Gasteiger partial charge in [0.2, 0.25) is 11.8 Å². The van der Waals surface area contributed by atoms with Crippen molar-refractivity contribution in [3.05, 3.63) is 34.9 Å². The molecule has 4 rings (SSSR count). The number of carbonyl (C=O) groups excluding carboxylic acids is 2. The van der Waals surface area contributed by atoms with Gasteiger partial charge in [0.1, 0.15) is 0 Å². The van der Waals surface area contributed by atoms with Gasteiger partial charge in [-0.15, -0.1) is 0 Å². The molecule has 27 heavy (non-hydrogen) atoms. The lowest BCUT2D eigenvalue weighted by Crippen LogP contribution is -2.48. The summed E-state index contributed by atoms with van der Waals surface area (Å²) < 4.78 is 0. The van der Waals surface area contributed by atoms with Crippen LogP contribution >= 0.6 is 11.6 Å². The van der Waals surface area contributed by atoms with E-state index < -0.39 is 0 Å².